The van der Waals surface area contributed by atoms with Gasteiger partial charge in [0.1, 0.15) is 23.0 Å². The summed E-state index contributed by atoms with van der Waals surface area (Å²) >= 11 is 0. The van der Waals surface area contributed by atoms with E-state index in [1.165, 1.54) is 32.0 Å². The van der Waals surface area contributed by atoms with Gasteiger partial charge in [-0.1, -0.05) is 0 Å². The zero-order valence-electron chi connectivity index (χ0n) is 13.6. The molecular weight excluding hydrogens is 330 g/mol. The van der Waals surface area contributed by atoms with E-state index in [-0.39, 0.29) is 34.0 Å². The predicted molar refractivity (Wildman–Crippen MR) is 85.3 cm³/mol. The van der Waals surface area contributed by atoms with Crippen molar-refractivity contribution in [2.75, 3.05) is 12.4 Å². The number of nitriles is 1. The zero-order chi connectivity index (χ0) is 18.7. The van der Waals surface area contributed by atoms with Crippen LogP contribution in [0.1, 0.15) is 37.6 Å². The molecule has 0 aliphatic heterocycles. The van der Waals surface area contributed by atoms with E-state index >= 15 is 0 Å². The van der Waals surface area contributed by atoms with E-state index in [4.69, 9.17) is 4.42 Å². The van der Waals surface area contributed by atoms with Crippen molar-refractivity contribution < 1.29 is 23.7 Å². The fourth-order valence-electron chi connectivity index (χ4n) is 2.26. The Morgan fingerprint density at radius 2 is 2.04 bits per heavy atom. The van der Waals surface area contributed by atoms with Crippen LogP contribution in [0.15, 0.2) is 22.6 Å². The molecule has 1 aromatic carbocycles. The molecule has 0 radical (unpaired) electrons. The number of hydrogen-bond donors (Lipinski definition) is 1. The van der Waals surface area contributed by atoms with Crippen LogP contribution in [0.3, 0.4) is 0 Å². The molecule has 1 N–H and O–H groups in total. The molecule has 0 fully saturated rings. The Kier molecular flexibility index (Phi) is 4.84. The first-order valence-corrected chi connectivity index (χ1v) is 6.98. The van der Waals surface area contributed by atoms with Crippen molar-refractivity contribution in [3.05, 3.63) is 56.3 Å². The molecule has 1 heterocycles. The number of nitrogens with one attached hydrogen (secondary N) is 1. The van der Waals surface area contributed by atoms with Gasteiger partial charge in [0.15, 0.2) is 0 Å². The Hall–Kier alpha value is -3.67. The molecule has 0 spiro atoms. The summed E-state index contributed by atoms with van der Waals surface area (Å²) in [7, 11) is 1.16. The maximum absolute atomic E-state index is 12.3. The van der Waals surface area contributed by atoms with Gasteiger partial charge >= 0.3 is 5.97 Å². The second-order valence-electron chi connectivity index (χ2n) is 5.05. The summed E-state index contributed by atoms with van der Waals surface area (Å²) in [6.45, 7) is 2.96. The molecule has 1 amide bonds. The van der Waals surface area contributed by atoms with E-state index in [9.17, 15) is 25.0 Å². The maximum Gasteiger partial charge on any atom is 0.342 e. The number of carbonyl (C=O) groups is 2. The minimum atomic E-state index is -0.760. The highest BCUT2D eigenvalue weighted by Crippen LogP contribution is 2.28. The smallest absolute Gasteiger partial charge is 0.342 e. The molecule has 0 unspecified atom stereocenters. The number of carbonyl (C=O) groups excluding carboxylic acids is 2. The van der Waals surface area contributed by atoms with Crippen LogP contribution >= 0.6 is 0 Å². The Morgan fingerprint density at radius 3 is 2.56 bits per heavy atom. The van der Waals surface area contributed by atoms with Crippen molar-refractivity contribution in [1.29, 1.82) is 5.26 Å². The molecule has 128 valence electrons. The average molecular weight is 343 g/mol. The van der Waals surface area contributed by atoms with Gasteiger partial charge in [0.2, 0.25) is 5.88 Å². The van der Waals surface area contributed by atoms with Gasteiger partial charge in [0, 0.05) is 17.2 Å². The maximum atomic E-state index is 12.3. The van der Waals surface area contributed by atoms with Crippen molar-refractivity contribution in [2.24, 2.45) is 0 Å². The number of nitro benzene ring substituents is 1. The van der Waals surface area contributed by atoms with Crippen molar-refractivity contribution in [3.8, 4) is 6.07 Å². The number of esters is 1. The van der Waals surface area contributed by atoms with Gasteiger partial charge in [-0.15, -0.1) is 0 Å². The van der Waals surface area contributed by atoms with Gasteiger partial charge < -0.3 is 9.15 Å². The standard InChI is InChI=1S/C16H13N3O6/c1-8-6-10(4-5-12(8)19(22)23)14(20)18-15-11(7-17)13(9(2)25-15)16(21)24-3/h4-6H,1-3H3,(H,18,20). The van der Waals surface area contributed by atoms with Crippen molar-refractivity contribution in [3.63, 3.8) is 0 Å². The van der Waals surface area contributed by atoms with E-state index in [0.717, 1.165) is 7.11 Å². The molecule has 9 nitrogen and oxygen atoms in total. The van der Waals surface area contributed by atoms with Gasteiger partial charge in [0.25, 0.3) is 11.6 Å². The molecular formula is C16H13N3O6. The van der Waals surface area contributed by atoms with Crippen LogP contribution in [-0.2, 0) is 4.74 Å². The molecule has 2 rings (SSSR count). The van der Waals surface area contributed by atoms with Gasteiger partial charge in [-0.2, -0.15) is 5.26 Å². The molecule has 0 saturated heterocycles. The number of ether oxygens (including phenoxy) is 1. The molecule has 2 aromatic rings. The quantitative estimate of drug-likeness (QED) is 0.512. The number of nitro groups is 1. The second kappa shape index (κ2) is 6.84. The van der Waals surface area contributed by atoms with E-state index in [0.29, 0.717) is 5.56 Å². The summed E-state index contributed by atoms with van der Waals surface area (Å²) in [5.74, 6) is -1.47. The lowest BCUT2D eigenvalue weighted by Gasteiger charge is -2.04. The average Bonchev–Trinajstić information content (AvgIpc) is 2.88. The monoisotopic (exact) mass is 343 g/mol. The Balaban J connectivity index is 2.36. The summed E-state index contributed by atoms with van der Waals surface area (Å²) in [6.07, 6.45) is 0. The molecule has 1 aromatic heterocycles. The van der Waals surface area contributed by atoms with Gasteiger partial charge in [0.05, 0.1) is 12.0 Å². The highest BCUT2D eigenvalue weighted by Gasteiger charge is 2.26. The van der Waals surface area contributed by atoms with Crippen LogP contribution in [0.5, 0.6) is 0 Å². The molecule has 0 aliphatic carbocycles. The van der Waals surface area contributed by atoms with Crippen LogP contribution in [0, 0.1) is 35.3 Å². The van der Waals surface area contributed by atoms with Crippen LogP contribution in [0.25, 0.3) is 0 Å². The third kappa shape index (κ3) is 3.32. The summed E-state index contributed by atoms with van der Waals surface area (Å²) in [4.78, 5) is 34.3. The Morgan fingerprint density at radius 1 is 1.36 bits per heavy atom. The van der Waals surface area contributed by atoms with Crippen LogP contribution < -0.4 is 5.32 Å². The molecule has 0 bridgehead atoms. The first-order valence-electron chi connectivity index (χ1n) is 6.98. The number of amides is 1. The SMILES string of the molecule is COC(=O)c1c(C)oc(NC(=O)c2ccc([N+](=O)[O-])c(C)c2)c1C#N. The number of methoxy groups -OCH3 is 1. The number of hydrogen-bond acceptors (Lipinski definition) is 7. The Bertz CT molecular complexity index is 923. The van der Waals surface area contributed by atoms with Gasteiger partial charge in [-0.3, -0.25) is 20.2 Å². The lowest BCUT2D eigenvalue weighted by atomic mass is 10.1. The summed E-state index contributed by atoms with van der Waals surface area (Å²) in [6, 6.07) is 5.63. The second-order valence-corrected chi connectivity index (χ2v) is 5.05. The topological polar surface area (TPSA) is 135 Å². The van der Waals surface area contributed by atoms with Crippen molar-refractivity contribution >= 4 is 23.4 Å². The number of aryl methyl sites for hydroxylation is 2. The van der Waals surface area contributed by atoms with E-state index < -0.39 is 16.8 Å². The third-order valence-corrected chi connectivity index (χ3v) is 3.47. The van der Waals surface area contributed by atoms with E-state index in [1.807, 2.05) is 0 Å². The fraction of sp³-hybridized carbons (Fsp3) is 0.188. The number of anilines is 1. The first kappa shape index (κ1) is 17.7. The normalized spacial score (nSPS) is 10.0. The molecule has 0 saturated carbocycles. The lowest BCUT2D eigenvalue weighted by Crippen LogP contribution is -2.13. The third-order valence-electron chi connectivity index (χ3n) is 3.47. The number of nitrogens with zero attached hydrogens (tertiary/aromatic N) is 2. The minimum absolute atomic E-state index is 0.0693. The Labute approximate surface area is 142 Å². The van der Waals surface area contributed by atoms with Crippen molar-refractivity contribution in [2.45, 2.75) is 13.8 Å². The van der Waals surface area contributed by atoms with Gasteiger partial charge in [-0.25, -0.2) is 4.79 Å². The molecule has 25 heavy (non-hydrogen) atoms. The molecule has 0 aliphatic rings. The molecule has 0 atom stereocenters. The minimum Gasteiger partial charge on any atom is -0.465 e. The van der Waals surface area contributed by atoms with E-state index in [1.54, 1.807) is 6.07 Å². The first-order chi connectivity index (χ1) is 11.8. The predicted octanol–water partition coefficient (Wildman–Crippen LogP) is 2.72. The fourth-order valence-corrected chi connectivity index (χ4v) is 2.26. The zero-order valence-corrected chi connectivity index (χ0v) is 13.6. The summed E-state index contributed by atoms with van der Waals surface area (Å²) < 4.78 is 9.87. The van der Waals surface area contributed by atoms with Gasteiger partial charge in [-0.05, 0) is 26.0 Å². The van der Waals surface area contributed by atoms with Crippen LogP contribution in [-0.4, -0.2) is 23.9 Å². The highest BCUT2D eigenvalue weighted by atomic mass is 16.6. The largest absolute Gasteiger partial charge is 0.465 e. The molecule has 9 heteroatoms. The number of benzene rings is 1. The van der Waals surface area contributed by atoms with E-state index in [2.05, 4.69) is 10.1 Å². The summed E-state index contributed by atoms with van der Waals surface area (Å²) in [5, 5.41) is 22.4. The summed E-state index contributed by atoms with van der Waals surface area (Å²) in [5.41, 5.74) is 0.109. The number of rotatable bonds is 4. The van der Waals surface area contributed by atoms with Crippen LogP contribution in [0.2, 0.25) is 0 Å². The van der Waals surface area contributed by atoms with Crippen LogP contribution in [0.4, 0.5) is 11.6 Å². The lowest BCUT2D eigenvalue weighted by molar-refractivity contribution is -0.385. The van der Waals surface area contributed by atoms with Crippen molar-refractivity contribution in [1.82, 2.24) is 0 Å². The highest BCUT2D eigenvalue weighted by molar-refractivity contribution is 6.05. The number of furan rings is 1.